The Balaban J connectivity index is 2.31. The van der Waals surface area contributed by atoms with Gasteiger partial charge >= 0.3 is 0 Å². The second-order valence-corrected chi connectivity index (χ2v) is 3.96. The number of benzene rings is 1. The summed E-state index contributed by atoms with van der Waals surface area (Å²) in [5, 5.41) is 0.778. The van der Waals surface area contributed by atoms with E-state index in [4.69, 9.17) is 22.1 Å². The van der Waals surface area contributed by atoms with Crippen molar-refractivity contribution in [3.8, 4) is 0 Å². The summed E-state index contributed by atoms with van der Waals surface area (Å²) in [7, 11) is 0. The Morgan fingerprint density at radius 2 is 2.07 bits per heavy atom. The van der Waals surface area contributed by atoms with Crippen LogP contribution in [0.2, 0.25) is 5.02 Å². The molecule has 1 heterocycles. The number of hydrogen-bond acceptors (Lipinski definition) is 3. The fourth-order valence-electron chi connectivity index (χ4n) is 1.87. The van der Waals surface area contributed by atoms with Crippen molar-refractivity contribution in [2.75, 3.05) is 31.2 Å². The standard InChI is InChI=1S/C11H15ClN2O/c12-10-3-1-2-9(8-13)11(10)14-4-6-15-7-5-14/h1-3H,4-8,13H2. The number of hydrogen-bond donors (Lipinski definition) is 1. The lowest BCUT2D eigenvalue weighted by Crippen LogP contribution is -2.37. The number of ether oxygens (including phenoxy) is 1. The maximum atomic E-state index is 6.20. The lowest BCUT2D eigenvalue weighted by atomic mass is 10.1. The lowest BCUT2D eigenvalue weighted by molar-refractivity contribution is 0.122. The number of anilines is 1. The number of nitrogens with zero attached hydrogens (tertiary/aromatic N) is 1. The van der Waals surface area contributed by atoms with Gasteiger partial charge < -0.3 is 15.4 Å². The molecule has 0 atom stereocenters. The molecule has 0 saturated carbocycles. The summed E-state index contributed by atoms with van der Waals surface area (Å²) in [5.74, 6) is 0. The molecule has 0 spiro atoms. The van der Waals surface area contributed by atoms with E-state index >= 15 is 0 Å². The van der Waals surface area contributed by atoms with E-state index in [1.165, 1.54) is 0 Å². The molecule has 4 heteroatoms. The molecule has 1 saturated heterocycles. The molecule has 1 aliphatic rings. The minimum atomic E-state index is 0.521. The molecule has 1 aromatic carbocycles. The van der Waals surface area contributed by atoms with Crippen LogP contribution in [0.5, 0.6) is 0 Å². The first-order chi connectivity index (χ1) is 7.33. The van der Waals surface area contributed by atoms with Crippen LogP contribution < -0.4 is 10.6 Å². The Hall–Kier alpha value is -0.770. The summed E-state index contributed by atoms with van der Waals surface area (Å²) in [4.78, 5) is 2.24. The van der Waals surface area contributed by atoms with E-state index < -0.39 is 0 Å². The van der Waals surface area contributed by atoms with Gasteiger partial charge in [0.25, 0.3) is 0 Å². The quantitative estimate of drug-likeness (QED) is 0.833. The Morgan fingerprint density at radius 3 is 2.73 bits per heavy atom. The Labute approximate surface area is 94.8 Å². The molecule has 82 valence electrons. The van der Waals surface area contributed by atoms with E-state index in [0.717, 1.165) is 42.6 Å². The van der Waals surface area contributed by atoms with Gasteiger partial charge in [0, 0.05) is 19.6 Å². The molecule has 0 aromatic heterocycles. The van der Waals surface area contributed by atoms with Crippen LogP contribution in [0.4, 0.5) is 5.69 Å². The van der Waals surface area contributed by atoms with E-state index in [1.54, 1.807) is 0 Å². The zero-order valence-corrected chi connectivity index (χ0v) is 9.33. The van der Waals surface area contributed by atoms with Crippen LogP contribution in [0.25, 0.3) is 0 Å². The Morgan fingerprint density at radius 1 is 1.33 bits per heavy atom. The van der Waals surface area contributed by atoms with Gasteiger partial charge in [-0.3, -0.25) is 0 Å². The van der Waals surface area contributed by atoms with E-state index in [0.29, 0.717) is 6.54 Å². The largest absolute Gasteiger partial charge is 0.378 e. The molecular formula is C11H15ClN2O. The highest BCUT2D eigenvalue weighted by molar-refractivity contribution is 6.33. The second-order valence-electron chi connectivity index (χ2n) is 3.55. The maximum Gasteiger partial charge on any atom is 0.0642 e. The Kier molecular flexibility index (Phi) is 3.46. The summed E-state index contributed by atoms with van der Waals surface area (Å²) in [6, 6.07) is 5.87. The van der Waals surface area contributed by atoms with Crippen LogP contribution in [0.3, 0.4) is 0 Å². The van der Waals surface area contributed by atoms with Gasteiger partial charge in [0.15, 0.2) is 0 Å². The van der Waals surface area contributed by atoms with Crippen LogP contribution in [0, 0.1) is 0 Å². The molecule has 2 N–H and O–H groups in total. The van der Waals surface area contributed by atoms with Crippen molar-refractivity contribution in [2.24, 2.45) is 5.73 Å². The molecule has 15 heavy (non-hydrogen) atoms. The first-order valence-electron chi connectivity index (χ1n) is 5.13. The summed E-state index contributed by atoms with van der Waals surface area (Å²) >= 11 is 6.20. The van der Waals surface area contributed by atoms with Gasteiger partial charge in [0.2, 0.25) is 0 Å². The van der Waals surface area contributed by atoms with Gasteiger partial charge in [-0.25, -0.2) is 0 Å². The molecule has 3 nitrogen and oxygen atoms in total. The molecular weight excluding hydrogens is 212 g/mol. The number of morpholine rings is 1. The highest BCUT2D eigenvalue weighted by atomic mass is 35.5. The number of halogens is 1. The van der Waals surface area contributed by atoms with E-state index in [-0.39, 0.29) is 0 Å². The van der Waals surface area contributed by atoms with Crippen LogP contribution in [0.15, 0.2) is 18.2 Å². The van der Waals surface area contributed by atoms with Gasteiger partial charge in [-0.1, -0.05) is 23.7 Å². The molecule has 0 amide bonds. The molecule has 0 aliphatic carbocycles. The van der Waals surface area contributed by atoms with Crippen LogP contribution in [-0.2, 0) is 11.3 Å². The third-order valence-corrected chi connectivity index (χ3v) is 2.92. The van der Waals surface area contributed by atoms with Crippen molar-refractivity contribution in [2.45, 2.75) is 6.54 Å². The van der Waals surface area contributed by atoms with Gasteiger partial charge in [-0.15, -0.1) is 0 Å². The van der Waals surface area contributed by atoms with Gasteiger partial charge in [-0.2, -0.15) is 0 Å². The number of para-hydroxylation sites is 1. The molecule has 0 bridgehead atoms. The summed E-state index contributed by atoms with van der Waals surface area (Å²) in [6.07, 6.45) is 0. The fraction of sp³-hybridized carbons (Fsp3) is 0.455. The van der Waals surface area contributed by atoms with Crippen molar-refractivity contribution in [1.82, 2.24) is 0 Å². The second kappa shape index (κ2) is 4.84. The number of rotatable bonds is 2. The fourth-order valence-corrected chi connectivity index (χ4v) is 2.18. The minimum absolute atomic E-state index is 0.521. The normalized spacial score (nSPS) is 16.8. The van der Waals surface area contributed by atoms with Crippen molar-refractivity contribution >= 4 is 17.3 Å². The zero-order valence-electron chi connectivity index (χ0n) is 8.58. The van der Waals surface area contributed by atoms with Crippen LogP contribution in [-0.4, -0.2) is 26.3 Å². The molecule has 1 aromatic rings. The van der Waals surface area contributed by atoms with E-state index in [9.17, 15) is 0 Å². The highest BCUT2D eigenvalue weighted by Gasteiger charge is 2.16. The lowest BCUT2D eigenvalue weighted by Gasteiger charge is -2.31. The third-order valence-electron chi connectivity index (χ3n) is 2.62. The molecule has 2 rings (SSSR count). The van der Waals surface area contributed by atoms with Gasteiger partial charge in [-0.05, 0) is 11.6 Å². The predicted molar refractivity (Wildman–Crippen MR) is 62.4 cm³/mol. The summed E-state index contributed by atoms with van der Waals surface area (Å²) < 4.78 is 5.32. The summed E-state index contributed by atoms with van der Waals surface area (Å²) in [6.45, 7) is 3.81. The molecule has 1 aliphatic heterocycles. The predicted octanol–water partition coefficient (Wildman–Crippen LogP) is 1.64. The monoisotopic (exact) mass is 226 g/mol. The average molecular weight is 227 g/mol. The first-order valence-corrected chi connectivity index (χ1v) is 5.51. The van der Waals surface area contributed by atoms with E-state index in [2.05, 4.69) is 4.90 Å². The van der Waals surface area contributed by atoms with Crippen molar-refractivity contribution < 1.29 is 4.74 Å². The van der Waals surface area contributed by atoms with Gasteiger partial charge in [0.1, 0.15) is 0 Å². The van der Waals surface area contributed by atoms with Crippen LogP contribution >= 0.6 is 11.6 Å². The van der Waals surface area contributed by atoms with Crippen LogP contribution in [0.1, 0.15) is 5.56 Å². The van der Waals surface area contributed by atoms with Crippen molar-refractivity contribution in [1.29, 1.82) is 0 Å². The van der Waals surface area contributed by atoms with Crippen molar-refractivity contribution in [3.05, 3.63) is 28.8 Å². The zero-order chi connectivity index (χ0) is 10.7. The first kappa shape index (κ1) is 10.7. The average Bonchev–Trinajstić information content (AvgIpc) is 2.29. The smallest absolute Gasteiger partial charge is 0.0642 e. The Bertz CT molecular complexity index is 337. The van der Waals surface area contributed by atoms with E-state index in [1.807, 2.05) is 18.2 Å². The third kappa shape index (κ3) is 2.25. The highest BCUT2D eigenvalue weighted by Crippen LogP contribution is 2.30. The van der Waals surface area contributed by atoms with Gasteiger partial charge in [0.05, 0.1) is 23.9 Å². The maximum absolute atomic E-state index is 6.20. The molecule has 1 fully saturated rings. The SMILES string of the molecule is NCc1cccc(Cl)c1N1CCOCC1. The number of nitrogens with two attached hydrogens (primary N) is 1. The van der Waals surface area contributed by atoms with Crippen molar-refractivity contribution in [3.63, 3.8) is 0 Å². The summed E-state index contributed by atoms with van der Waals surface area (Å²) in [5.41, 5.74) is 7.88. The minimum Gasteiger partial charge on any atom is -0.378 e. The molecule has 0 unspecified atom stereocenters. The topological polar surface area (TPSA) is 38.5 Å². The molecule has 0 radical (unpaired) electrons.